The maximum absolute atomic E-state index is 13.4. The summed E-state index contributed by atoms with van der Waals surface area (Å²) in [5.41, 5.74) is 5.35. The van der Waals surface area contributed by atoms with Crippen molar-refractivity contribution in [2.75, 3.05) is 5.73 Å². The first-order valence-corrected chi connectivity index (χ1v) is 5.74. The van der Waals surface area contributed by atoms with E-state index in [1.54, 1.807) is 0 Å². The van der Waals surface area contributed by atoms with Crippen molar-refractivity contribution < 1.29 is 18.0 Å². The van der Waals surface area contributed by atoms with Crippen LogP contribution in [0.4, 0.5) is 18.9 Å². The molecular weight excluding hydrogens is 269 g/mol. The van der Waals surface area contributed by atoms with Crippen molar-refractivity contribution >= 4 is 11.6 Å². The Morgan fingerprint density at radius 2 is 1.75 bits per heavy atom. The number of carbonyl (C=O) groups excluding carboxylic acids is 1. The van der Waals surface area contributed by atoms with Gasteiger partial charge in [-0.3, -0.25) is 4.79 Å². The standard InChI is InChI=1S/C14H11F3N2O/c15-10-2-4-11(16)9(5-10)7-19-14(20)8-1-3-12(17)13(18)6-8/h1-6H,7,18H2,(H,19,20). The molecule has 104 valence electrons. The predicted molar refractivity (Wildman–Crippen MR) is 68.3 cm³/mol. The van der Waals surface area contributed by atoms with Gasteiger partial charge in [0.2, 0.25) is 0 Å². The third-order valence-electron chi connectivity index (χ3n) is 2.71. The highest BCUT2D eigenvalue weighted by molar-refractivity contribution is 5.94. The molecule has 3 N–H and O–H groups in total. The van der Waals surface area contributed by atoms with E-state index in [2.05, 4.69) is 5.32 Å². The number of benzene rings is 2. The number of carbonyl (C=O) groups is 1. The van der Waals surface area contributed by atoms with E-state index in [0.717, 1.165) is 24.3 Å². The van der Waals surface area contributed by atoms with Crippen molar-refractivity contribution in [3.63, 3.8) is 0 Å². The van der Waals surface area contributed by atoms with Gasteiger partial charge in [-0.15, -0.1) is 0 Å². The average Bonchev–Trinajstić information content (AvgIpc) is 2.42. The van der Waals surface area contributed by atoms with Crippen molar-refractivity contribution in [3.05, 3.63) is 65.0 Å². The molecule has 0 saturated heterocycles. The molecule has 0 bridgehead atoms. The van der Waals surface area contributed by atoms with E-state index >= 15 is 0 Å². The highest BCUT2D eigenvalue weighted by atomic mass is 19.1. The highest BCUT2D eigenvalue weighted by Gasteiger charge is 2.10. The molecule has 2 aromatic carbocycles. The van der Waals surface area contributed by atoms with Gasteiger partial charge < -0.3 is 11.1 Å². The summed E-state index contributed by atoms with van der Waals surface area (Å²) in [5, 5.41) is 2.41. The van der Waals surface area contributed by atoms with E-state index in [1.165, 1.54) is 12.1 Å². The fourth-order valence-corrected chi connectivity index (χ4v) is 1.64. The van der Waals surface area contributed by atoms with E-state index in [4.69, 9.17) is 5.73 Å². The third-order valence-corrected chi connectivity index (χ3v) is 2.71. The van der Waals surface area contributed by atoms with E-state index in [0.29, 0.717) is 0 Å². The van der Waals surface area contributed by atoms with Gasteiger partial charge in [-0.2, -0.15) is 0 Å². The molecule has 0 atom stereocenters. The molecule has 0 aliphatic carbocycles. The first kappa shape index (κ1) is 13.9. The Morgan fingerprint density at radius 1 is 1.05 bits per heavy atom. The highest BCUT2D eigenvalue weighted by Crippen LogP contribution is 2.13. The first-order chi connectivity index (χ1) is 9.47. The van der Waals surface area contributed by atoms with Crippen molar-refractivity contribution in [2.24, 2.45) is 0 Å². The molecule has 20 heavy (non-hydrogen) atoms. The van der Waals surface area contributed by atoms with Crippen LogP contribution < -0.4 is 11.1 Å². The molecule has 0 radical (unpaired) electrons. The summed E-state index contributed by atoms with van der Waals surface area (Å²) in [6.45, 7) is -0.181. The molecule has 0 heterocycles. The molecular formula is C14H11F3N2O. The Kier molecular flexibility index (Phi) is 3.93. The third kappa shape index (κ3) is 3.09. The summed E-state index contributed by atoms with van der Waals surface area (Å²) < 4.78 is 39.3. The minimum absolute atomic E-state index is 0.0217. The number of nitrogens with one attached hydrogen (secondary N) is 1. The number of halogens is 3. The zero-order valence-electron chi connectivity index (χ0n) is 10.3. The second kappa shape index (κ2) is 5.64. The van der Waals surface area contributed by atoms with Crippen LogP contribution in [0.2, 0.25) is 0 Å². The van der Waals surface area contributed by atoms with Crippen LogP contribution in [-0.2, 0) is 6.54 Å². The van der Waals surface area contributed by atoms with Crippen LogP contribution in [0.1, 0.15) is 15.9 Å². The molecule has 2 aromatic rings. The lowest BCUT2D eigenvalue weighted by Gasteiger charge is -2.07. The molecule has 0 aliphatic rings. The van der Waals surface area contributed by atoms with Gasteiger partial charge in [0, 0.05) is 17.7 Å². The summed E-state index contributed by atoms with van der Waals surface area (Å²) in [6, 6.07) is 6.45. The molecule has 0 fully saturated rings. The number of amides is 1. The largest absolute Gasteiger partial charge is 0.396 e. The molecule has 1 amide bonds. The molecule has 2 rings (SSSR count). The summed E-state index contributed by atoms with van der Waals surface area (Å²) in [6.07, 6.45) is 0. The van der Waals surface area contributed by atoms with Gasteiger partial charge in [-0.25, -0.2) is 13.2 Å². The van der Waals surface area contributed by atoms with E-state index in [1.807, 2.05) is 0 Å². The molecule has 0 aliphatic heterocycles. The normalized spacial score (nSPS) is 10.3. The van der Waals surface area contributed by atoms with Crippen LogP contribution in [0, 0.1) is 17.5 Å². The smallest absolute Gasteiger partial charge is 0.251 e. The van der Waals surface area contributed by atoms with Crippen LogP contribution in [0.25, 0.3) is 0 Å². The lowest BCUT2D eigenvalue weighted by molar-refractivity contribution is 0.0950. The van der Waals surface area contributed by atoms with E-state index in [9.17, 15) is 18.0 Å². The van der Waals surface area contributed by atoms with Gasteiger partial charge in [0.15, 0.2) is 0 Å². The molecule has 0 aromatic heterocycles. The topological polar surface area (TPSA) is 55.1 Å². The van der Waals surface area contributed by atoms with Gasteiger partial charge in [-0.05, 0) is 36.4 Å². The van der Waals surface area contributed by atoms with Gasteiger partial charge in [-0.1, -0.05) is 0 Å². The van der Waals surface area contributed by atoms with Crippen LogP contribution >= 0.6 is 0 Å². The van der Waals surface area contributed by atoms with Gasteiger partial charge in [0.05, 0.1) is 5.69 Å². The zero-order chi connectivity index (χ0) is 14.7. The Hall–Kier alpha value is -2.50. The average molecular weight is 280 g/mol. The number of hydrogen-bond donors (Lipinski definition) is 2. The number of hydrogen-bond acceptors (Lipinski definition) is 2. The van der Waals surface area contributed by atoms with Crippen LogP contribution in [0.15, 0.2) is 36.4 Å². The Labute approximate surface area is 113 Å². The van der Waals surface area contributed by atoms with Crippen LogP contribution in [0.3, 0.4) is 0 Å². The molecule has 0 spiro atoms. The monoisotopic (exact) mass is 280 g/mol. The van der Waals surface area contributed by atoms with Crippen LogP contribution in [-0.4, -0.2) is 5.91 Å². The fourth-order valence-electron chi connectivity index (χ4n) is 1.64. The molecule has 0 saturated carbocycles. The Morgan fingerprint density at radius 3 is 2.45 bits per heavy atom. The van der Waals surface area contributed by atoms with E-state index in [-0.39, 0.29) is 23.4 Å². The SMILES string of the molecule is Nc1cc(C(=O)NCc2cc(F)ccc2F)ccc1F. The van der Waals surface area contributed by atoms with Crippen molar-refractivity contribution in [1.82, 2.24) is 5.32 Å². The Balaban J connectivity index is 2.08. The van der Waals surface area contributed by atoms with Gasteiger partial charge in [0.25, 0.3) is 5.91 Å². The van der Waals surface area contributed by atoms with Gasteiger partial charge in [0.1, 0.15) is 17.5 Å². The summed E-state index contributed by atoms with van der Waals surface area (Å²) in [5.74, 6) is -2.40. The summed E-state index contributed by atoms with van der Waals surface area (Å²) >= 11 is 0. The molecule has 6 heteroatoms. The minimum atomic E-state index is -0.627. The summed E-state index contributed by atoms with van der Waals surface area (Å²) in [4.78, 5) is 11.8. The van der Waals surface area contributed by atoms with Crippen molar-refractivity contribution in [2.45, 2.75) is 6.54 Å². The quantitative estimate of drug-likeness (QED) is 0.849. The number of rotatable bonds is 3. The zero-order valence-corrected chi connectivity index (χ0v) is 10.3. The fraction of sp³-hybridized carbons (Fsp3) is 0.0714. The number of nitrogen functional groups attached to an aromatic ring is 1. The van der Waals surface area contributed by atoms with Crippen molar-refractivity contribution in [3.8, 4) is 0 Å². The van der Waals surface area contributed by atoms with Crippen molar-refractivity contribution in [1.29, 1.82) is 0 Å². The lowest BCUT2D eigenvalue weighted by Crippen LogP contribution is -2.23. The predicted octanol–water partition coefficient (Wildman–Crippen LogP) is 2.62. The van der Waals surface area contributed by atoms with Crippen LogP contribution in [0.5, 0.6) is 0 Å². The van der Waals surface area contributed by atoms with Gasteiger partial charge >= 0.3 is 0 Å². The second-order valence-electron chi connectivity index (χ2n) is 4.15. The summed E-state index contributed by atoms with van der Waals surface area (Å²) in [7, 11) is 0. The Bertz CT molecular complexity index is 659. The minimum Gasteiger partial charge on any atom is -0.396 e. The molecule has 0 unspecified atom stereocenters. The lowest BCUT2D eigenvalue weighted by atomic mass is 10.1. The number of nitrogens with two attached hydrogens (primary N) is 1. The number of anilines is 1. The second-order valence-corrected chi connectivity index (χ2v) is 4.15. The molecule has 3 nitrogen and oxygen atoms in total. The maximum atomic E-state index is 13.4. The van der Waals surface area contributed by atoms with E-state index < -0.39 is 23.4 Å². The first-order valence-electron chi connectivity index (χ1n) is 5.74. The maximum Gasteiger partial charge on any atom is 0.251 e.